The number of halogens is 3. The van der Waals surface area contributed by atoms with Crippen LogP contribution in [-0.4, -0.2) is 40.2 Å². The first-order valence-electron chi connectivity index (χ1n) is 8.01. The van der Waals surface area contributed by atoms with Gasteiger partial charge in [-0.25, -0.2) is 4.79 Å². The minimum absolute atomic E-state index is 0.0792. The summed E-state index contributed by atoms with van der Waals surface area (Å²) in [6, 6.07) is 7.17. The van der Waals surface area contributed by atoms with E-state index in [-0.39, 0.29) is 18.7 Å². The van der Waals surface area contributed by atoms with Crippen LogP contribution >= 0.6 is 0 Å². The van der Waals surface area contributed by atoms with Gasteiger partial charge in [0.25, 0.3) is 0 Å². The topological polar surface area (TPSA) is 85.1 Å². The van der Waals surface area contributed by atoms with Gasteiger partial charge in [-0.15, -0.1) is 0 Å². The molecule has 0 radical (unpaired) electrons. The molecule has 142 valence electrons. The van der Waals surface area contributed by atoms with E-state index in [1.165, 1.54) is 4.57 Å². The minimum Gasteiger partial charge on any atom is -0.347 e. The molecule has 0 bridgehead atoms. The van der Waals surface area contributed by atoms with Crippen LogP contribution in [0.2, 0.25) is 0 Å². The molecule has 0 unspecified atom stereocenters. The number of nitrogens with one attached hydrogen (secondary N) is 2. The molecule has 2 N–H and O–H groups in total. The summed E-state index contributed by atoms with van der Waals surface area (Å²) < 4.78 is 39.0. The highest BCUT2D eigenvalue weighted by atomic mass is 19.4. The molecule has 0 aliphatic rings. The van der Waals surface area contributed by atoms with Crippen molar-refractivity contribution < 1.29 is 22.8 Å². The average molecular weight is 372 g/mol. The number of hydrogen-bond donors (Lipinski definition) is 2. The second-order valence-corrected chi connectivity index (χ2v) is 5.59. The molecule has 0 saturated carbocycles. The van der Waals surface area contributed by atoms with E-state index in [9.17, 15) is 27.6 Å². The van der Waals surface area contributed by atoms with Crippen LogP contribution in [0.4, 0.5) is 13.2 Å². The van der Waals surface area contributed by atoms with Gasteiger partial charge in [-0.1, -0.05) is 12.1 Å². The molecule has 7 nitrogen and oxygen atoms in total. The third-order valence-corrected chi connectivity index (χ3v) is 3.74. The Bertz CT molecular complexity index is 855. The van der Waals surface area contributed by atoms with Gasteiger partial charge in [0.15, 0.2) is 0 Å². The number of aryl methyl sites for hydroxylation is 2. The van der Waals surface area contributed by atoms with Crippen LogP contribution in [0.15, 0.2) is 29.1 Å². The summed E-state index contributed by atoms with van der Waals surface area (Å²) in [4.78, 5) is 35.5. The number of amides is 2. The second kappa shape index (κ2) is 8.07. The van der Waals surface area contributed by atoms with Crippen molar-refractivity contribution in [3.05, 3.63) is 34.7 Å². The number of imidazole rings is 1. The monoisotopic (exact) mass is 372 g/mol. The molecule has 0 saturated heterocycles. The molecule has 0 atom stereocenters. The van der Waals surface area contributed by atoms with E-state index in [1.807, 2.05) is 19.1 Å². The third kappa shape index (κ3) is 4.87. The number of fused-ring (bicyclic) bond motifs is 1. The van der Waals surface area contributed by atoms with E-state index in [0.717, 1.165) is 5.52 Å². The zero-order chi connectivity index (χ0) is 19.3. The van der Waals surface area contributed by atoms with Gasteiger partial charge in [0.2, 0.25) is 11.8 Å². The predicted molar refractivity (Wildman–Crippen MR) is 88.6 cm³/mol. The minimum atomic E-state index is -4.51. The van der Waals surface area contributed by atoms with Crippen molar-refractivity contribution in [3.8, 4) is 0 Å². The highest BCUT2D eigenvalue weighted by molar-refractivity contribution is 5.84. The molecule has 2 amide bonds. The van der Waals surface area contributed by atoms with Crippen LogP contribution in [0.3, 0.4) is 0 Å². The lowest BCUT2D eigenvalue weighted by molar-refractivity contribution is -0.138. The number of aromatic nitrogens is 2. The maximum atomic E-state index is 12.4. The Hall–Kier alpha value is -2.78. The zero-order valence-electron chi connectivity index (χ0n) is 14.1. The van der Waals surface area contributed by atoms with Crippen molar-refractivity contribution in [2.24, 2.45) is 0 Å². The Kier molecular flexibility index (Phi) is 6.06. The third-order valence-electron chi connectivity index (χ3n) is 3.74. The van der Waals surface area contributed by atoms with Crippen molar-refractivity contribution in [3.63, 3.8) is 0 Å². The first kappa shape index (κ1) is 19.5. The molecule has 2 rings (SSSR count). The van der Waals surface area contributed by atoms with Gasteiger partial charge in [-0.3, -0.25) is 18.7 Å². The van der Waals surface area contributed by atoms with Gasteiger partial charge in [-0.2, -0.15) is 13.2 Å². The van der Waals surface area contributed by atoms with Crippen LogP contribution in [-0.2, 0) is 22.7 Å². The smallest absolute Gasteiger partial charge is 0.347 e. The van der Waals surface area contributed by atoms with E-state index in [1.54, 1.807) is 22.0 Å². The maximum absolute atomic E-state index is 12.4. The molecule has 1 aromatic carbocycles. The first-order chi connectivity index (χ1) is 12.2. The number of alkyl halides is 3. The van der Waals surface area contributed by atoms with E-state index >= 15 is 0 Å². The van der Waals surface area contributed by atoms with Crippen molar-refractivity contribution in [2.45, 2.75) is 32.6 Å². The number of benzene rings is 1. The van der Waals surface area contributed by atoms with E-state index in [2.05, 4.69) is 5.32 Å². The predicted octanol–water partition coefficient (Wildman–Crippen LogP) is 1.01. The highest BCUT2D eigenvalue weighted by Gasteiger charge is 2.27. The molecular formula is C16H19F3N4O3. The van der Waals surface area contributed by atoms with Crippen molar-refractivity contribution >= 4 is 22.8 Å². The fraction of sp³-hybridized carbons (Fsp3) is 0.438. The first-order valence-corrected chi connectivity index (χ1v) is 8.01. The van der Waals surface area contributed by atoms with E-state index < -0.39 is 31.1 Å². The molecule has 0 spiro atoms. The Morgan fingerprint density at radius 2 is 1.65 bits per heavy atom. The lowest BCUT2D eigenvalue weighted by atomic mass is 10.3. The summed E-state index contributed by atoms with van der Waals surface area (Å²) in [5, 5.41) is 3.90. The Balaban J connectivity index is 1.92. The van der Waals surface area contributed by atoms with Gasteiger partial charge in [0.1, 0.15) is 6.54 Å². The molecule has 0 aliphatic carbocycles. The summed E-state index contributed by atoms with van der Waals surface area (Å²) in [5.74, 6) is -1.47. The second-order valence-electron chi connectivity index (χ2n) is 5.59. The highest BCUT2D eigenvalue weighted by Crippen LogP contribution is 2.13. The van der Waals surface area contributed by atoms with Crippen molar-refractivity contribution in [1.29, 1.82) is 0 Å². The largest absolute Gasteiger partial charge is 0.405 e. The van der Waals surface area contributed by atoms with Gasteiger partial charge in [-0.05, 0) is 19.1 Å². The van der Waals surface area contributed by atoms with Gasteiger partial charge in [0.05, 0.1) is 17.6 Å². The summed E-state index contributed by atoms with van der Waals surface area (Å²) >= 11 is 0. The molecule has 1 aromatic heterocycles. The number of carbonyl (C=O) groups is 2. The number of hydrogen-bond acceptors (Lipinski definition) is 3. The van der Waals surface area contributed by atoms with Crippen molar-refractivity contribution in [2.75, 3.05) is 13.1 Å². The molecule has 26 heavy (non-hydrogen) atoms. The molecule has 0 fully saturated rings. The van der Waals surface area contributed by atoms with Crippen LogP contribution < -0.4 is 16.3 Å². The maximum Gasteiger partial charge on any atom is 0.405 e. The Morgan fingerprint density at radius 3 is 2.23 bits per heavy atom. The van der Waals surface area contributed by atoms with Gasteiger partial charge in [0, 0.05) is 19.5 Å². The molecule has 10 heteroatoms. The van der Waals surface area contributed by atoms with E-state index in [4.69, 9.17) is 0 Å². The standard InChI is InChI=1S/C16H19F3N4O3/c1-2-22-11-5-3-4-6-12(11)23(15(22)26)8-7-13(24)20-9-14(25)21-10-16(17,18)19/h3-6H,2,7-10H2,1H3,(H,20,24)(H,21,25). The molecule has 1 heterocycles. The van der Waals surface area contributed by atoms with Crippen molar-refractivity contribution in [1.82, 2.24) is 19.8 Å². The fourth-order valence-electron chi connectivity index (χ4n) is 2.54. The van der Waals surface area contributed by atoms with Gasteiger partial charge < -0.3 is 10.6 Å². The van der Waals surface area contributed by atoms with Crippen LogP contribution in [0, 0.1) is 0 Å². The van der Waals surface area contributed by atoms with Crippen LogP contribution in [0.5, 0.6) is 0 Å². The number of para-hydroxylation sites is 2. The lowest BCUT2D eigenvalue weighted by Crippen LogP contribution is -2.41. The summed E-state index contributed by atoms with van der Waals surface area (Å²) in [5.41, 5.74) is 1.20. The molecule has 2 aromatic rings. The Labute approximate surface area is 146 Å². The van der Waals surface area contributed by atoms with Crippen LogP contribution in [0.25, 0.3) is 11.0 Å². The summed E-state index contributed by atoms with van der Waals surface area (Å²) in [6.45, 7) is 0.416. The average Bonchev–Trinajstić information content (AvgIpc) is 2.86. The summed E-state index contributed by atoms with van der Waals surface area (Å²) in [6.07, 6.45) is -4.58. The number of rotatable bonds is 7. The zero-order valence-corrected chi connectivity index (χ0v) is 14.1. The number of nitrogens with zero attached hydrogens (tertiary/aromatic N) is 2. The fourth-order valence-corrected chi connectivity index (χ4v) is 2.54. The van der Waals surface area contributed by atoms with Crippen LogP contribution in [0.1, 0.15) is 13.3 Å². The van der Waals surface area contributed by atoms with E-state index in [0.29, 0.717) is 12.1 Å². The van der Waals surface area contributed by atoms with Gasteiger partial charge >= 0.3 is 11.9 Å². The normalized spacial score (nSPS) is 11.5. The molecule has 0 aliphatic heterocycles. The number of carbonyl (C=O) groups excluding carboxylic acids is 2. The molecular weight excluding hydrogens is 353 g/mol. The Morgan fingerprint density at radius 1 is 1.04 bits per heavy atom. The quantitative estimate of drug-likeness (QED) is 0.761. The summed E-state index contributed by atoms with van der Waals surface area (Å²) in [7, 11) is 0. The SMILES string of the molecule is CCn1c(=O)n(CCC(=O)NCC(=O)NCC(F)(F)F)c2ccccc21. The lowest BCUT2D eigenvalue weighted by Gasteiger charge is -2.09.